The van der Waals surface area contributed by atoms with E-state index in [1.165, 1.54) is 19.2 Å². The zero-order valence-electron chi connectivity index (χ0n) is 15.7. The summed E-state index contributed by atoms with van der Waals surface area (Å²) >= 11 is 6.07. The van der Waals surface area contributed by atoms with Crippen molar-refractivity contribution in [1.29, 1.82) is 0 Å². The number of nitro groups is 1. The second-order valence-electron chi connectivity index (χ2n) is 6.38. The number of anilines is 1. The quantitative estimate of drug-likeness (QED) is 0.367. The van der Waals surface area contributed by atoms with Gasteiger partial charge in [0.2, 0.25) is 0 Å². The fourth-order valence-electron chi connectivity index (χ4n) is 3.03. The lowest BCUT2D eigenvalue weighted by Gasteiger charge is -2.12. The summed E-state index contributed by atoms with van der Waals surface area (Å²) in [4.78, 5) is 27.6. The fraction of sp³-hybridized carbons (Fsp3) is 0.0476. The van der Waals surface area contributed by atoms with Gasteiger partial charge in [0.25, 0.3) is 11.6 Å². The summed E-state index contributed by atoms with van der Waals surface area (Å²) in [5.41, 5.74) is 2.65. The van der Waals surface area contributed by atoms with Crippen LogP contribution >= 0.6 is 11.6 Å². The van der Waals surface area contributed by atoms with Gasteiger partial charge in [0.05, 0.1) is 34.0 Å². The summed E-state index contributed by atoms with van der Waals surface area (Å²) in [5.74, 6) is -0.0609. The maximum Gasteiger partial charge on any atom is 0.270 e. The molecule has 150 valence electrons. The number of hydrogen-bond acceptors (Lipinski definition) is 5. The number of ether oxygens (including phenoxy) is 1. The number of hydrogen-bond donors (Lipinski definition) is 1. The van der Waals surface area contributed by atoms with Crippen LogP contribution in [0.2, 0.25) is 5.02 Å². The third-order valence-electron chi connectivity index (χ3n) is 4.52. The van der Waals surface area contributed by atoms with Gasteiger partial charge in [-0.2, -0.15) is 0 Å². The van der Waals surface area contributed by atoms with Crippen LogP contribution in [0.25, 0.3) is 16.9 Å². The second-order valence-corrected chi connectivity index (χ2v) is 6.79. The van der Waals surface area contributed by atoms with E-state index in [4.69, 9.17) is 16.3 Å². The number of nitrogens with zero attached hydrogens (tertiary/aromatic N) is 3. The minimum atomic E-state index is -0.574. The molecule has 2 aromatic carbocycles. The summed E-state index contributed by atoms with van der Waals surface area (Å²) in [7, 11) is 1.49. The van der Waals surface area contributed by atoms with Crippen molar-refractivity contribution in [2.75, 3.05) is 12.4 Å². The van der Waals surface area contributed by atoms with Crippen LogP contribution < -0.4 is 10.1 Å². The van der Waals surface area contributed by atoms with Gasteiger partial charge in [-0.05, 0) is 36.4 Å². The van der Waals surface area contributed by atoms with Gasteiger partial charge in [-0.15, -0.1) is 0 Å². The number of fused-ring (bicyclic) bond motifs is 1. The molecule has 4 aromatic rings. The van der Waals surface area contributed by atoms with Gasteiger partial charge in [0.15, 0.2) is 0 Å². The van der Waals surface area contributed by atoms with Crippen molar-refractivity contribution in [2.24, 2.45) is 0 Å². The van der Waals surface area contributed by atoms with Crippen molar-refractivity contribution < 1.29 is 14.5 Å². The largest absolute Gasteiger partial charge is 0.495 e. The van der Waals surface area contributed by atoms with Crippen molar-refractivity contribution in [1.82, 2.24) is 9.38 Å². The molecule has 9 heteroatoms. The molecule has 1 N–H and O–H groups in total. The second kappa shape index (κ2) is 7.84. The predicted molar refractivity (Wildman–Crippen MR) is 113 cm³/mol. The molecule has 2 heterocycles. The Morgan fingerprint density at radius 1 is 1.20 bits per heavy atom. The van der Waals surface area contributed by atoms with Gasteiger partial charge in [-0.3, -0.25) is 14.9 Å². The summed E-state index contributed by atoms with van der Waals surface area (Å²) in [6.07, 6.45) is 3.78. The predicted octanol–water partition coefficient (Wildman–Crippen LogP) is 4.82. The molecular formula is C21H15ClN4O4. The van der Waals surface area contributed by atoms with Crippen LogP contribution in [0.1, 0.15) is 10.4 Å². The maximum atomic E-state index is 12.7. The Hall–Kier alpha value is -3.91. The van der Waals surface area contributed by atoms with Gasteiger partial charge >= 0.3 is 0 Å². The van der Waals surface area contributed by atoms with Crippen LogP contribution in [0, 0.1) is 10.1 Å². The zero-order valence-corrected chi connectivity index (χ0v) is 16.5. The smallest absolute Gasteiger partial charge is 0.270 e. The van der Waals surface area contributed by atoms with Gasteiger partial charge < -0.3 is 14.5 Å². The molecular weight excluding hydrogens is 408 g/mol. The molecule has 0 aliphatic carbocycles. The Balaban J connectivity index is 1.67. The van der Waals surface area contributed by atoms with Gasteiger partial charge in [-0.25, -0.2) is 4.98 Å². The van der Waals surface area contributed by atoms with E-state index in [1.54, 1.807) is 12.1 Å². The molecule has 0 saturated heterocycles. The fourth-order valence-corrected chi connectivity index (χ4v) is 3.29. The average molecular weight is 423 g/mol. The number of carbonyl (C=O) groups is 1. The molecule has 30 heavy (non-hydrogen) atoms. The Morgan fingerprint density at radius 2 is 2.03 bits per heavy atom. The first-order valence-electron chi connectivity index (χ1n) is 8.83. The molecule has 0 radical (unpaired) electrons. The highest BCUT2D eigenvalue weighted by Crippen LogP contribution is 2.31. The first-order valence-corrected chi connectivity index (χ1v) is 9.21. The molecule has 2 aromatic heterocycles. The average Bonchev–Trinajstić information content (AvgIpc) is 3.17. The molecule has 8 nitrogen and oxygen atoms in total. The molecule has 0 fully saturated rings. The number of rotatable bonds is 5. The first-order chi connectivity index (χ1) is 14.5. The lowest BCUT2D eigenvalue weighted by molar-refractivity contribution is -0.384. The molecule has 0 atom stereocenters. The Bertz CT molecular complexity index is 1250. The number of imidazole rings is 1. The Labute approximate surface area is 175 Å². The van der Waals surface area contributed by atoms with Gasteiger partial charge in [0, 0.05) is 30.1 Å². The molecule has 4 rings (SSSR count). The summed E-state index contributed by atoms with van der Waals surface area (Å²) in [6.45, 7) is 0. The number of benzene rings is 2. The van der Waals surface area contributed by atoms with Gasteiger partial charge in [-0.1, -0.05) is 17.7 Å². The molecule has 0 bridgehead atoms. The minimum absolute atomic E-state index is 0.0165. The van der Waals surface area contributed by atoms with Crippen LogP contribution in [0.5, 0.6) is 5.75 Å². The Kier molecular flexibility index (Phi) is 5.07. The topological polar surface area (TPSA) is 98.8 Å². The van der Waals surface area contributed by atoms with Crippen LogP contribution in [-0.4, -0.2) is 27.3 Å². The van der Waals surface area contributed by atoms with Crippen molar-refractivity contribution >= 4 is 34.5 Å². The number of aromatic nitrogens is 2. The molecule has 0 spiro atoms. The highest BCUT2D eigenvalue weighted by Gasteiger charge is 2.17. The third kappa shape index (κ3) is 3.68. The van der Waals surface area contributed by atoms with E-state index in [2.05, 4.69) is 10.3 Å². The standard InChI is InChI=1S/C21H15ClN4O4/c1-30-19-8-5-13(18-12-25-9-3-2-4-20(25)23-18)10-17(19)24-21(27)15-7-6-14(26(28)29)11-16(15)22/h2-12H,1H3,(H,24,27). The number of carbonyl (C=O) groups excluding carboxylic acids is 1. The molecule has 0 unspecified atom stereocenters. The number of nitro benzene ring substituents is 1. The number of methoxy groups -OCH3 is 1. The summed E-state index contributed by atoms with van der Waals surface area (Å²) in [5, 5.41) is 13.6. The third-order valence-corrected chi connectivity index (χ3v) is 4.83. The first kappa shape index (κ1) is 19.4. The van der Waals surface area contributed by atoms with Crippen molar-refractivity contribution in [3.63, 3.8) is 0 Å². The van der Waals surface area contributed by atoms with Gasteiger partial charge in [0.1, 0.15) is 11.4 Å². The van der Waals surface area contributed by atoms with Crippen molar-refractivity contribution in [3.05, 3.63) is 87.7 Å². The highest BCUT2D eigenvalue weighted by molar-refractivity contribution is 6.34. The summed E-state index contributed by atoms with van der Waals surface area (Å²) < 4.78 is 7.25. The molecule has 1 amide bonds. The van der Waals surface area contributed by atoms with E-state index >= 15 is 0 Å². The monoisotopic (exact) mass is 422 g/mol. The number of nitrogens with one attached hydrogen (secondary N) is 1. The van der Waals surface area contributed by atoms with Crippen molar-refractivity contribution in [3.8, 4) is 17.0 Å². The van der Waals surface area contributed by atoms with E-state index in [0.29, 0.717) is 11.4 Å². The zero-order chi connectivity index (χ0) is 21.3. The van der Waals surface area contributed by atoms with Crippen LogP contribution in [-0.2, 0) is 0 Å². The van der Waals surface area contributed by atoms with E-state index < -0.39 is 10.8 Å². The number of non-ortho nitro benzene ring substituents is 1. The van der Waals surface area contributed by atoms with Crippen LogP contribution in [0.15, 0.2) is 67.0 Å². The molecule has 0 aliphatic rings. The maximum absolute atomic E-state index is 12.7. The SMILES string of the molecule is COc1ccc(-c2cn3ccccc3n2)cc1NC(=O)c1ccc([N+](=O)[O-])cc1Cl. The Morgan fingerprint density at radius 3 is 2.73 bits per heavy atom. The van der Waals surface area contributed by atoms with E-state index in [1.807, 2.05) is 41.1 Å². The van der Waals surface area contributed by atoms with E-state index in [-0.39, 0.29) is 16.3 Å². The lowest BCUT2D eigenvalue weighted by atomic mass is 10.1. The van der Waals surface area contributed by atoms with E-state index in [0.717, 1.165) is 23.0 Å². The molecule has 0 saturated carbocycles. The summed E-state index contributed by atoms with van der Waals surface area (Å²) in [6, 6.07) is 14.7. The minimum Gasteiger partial charge on any atom is -0.495 e. The lowest BCUT2D eigenvalue weighted by Crippen LogP contribution is -2.13. The van der Waals surface area contributed by atoms with Crippen LogP contribution in [0.4, 0.5) is 11.4 Å². The number of amides is 1. The normalized spacial score (nSPS) is 10.7. The van der Waals surface area contributed by atoms with Crippen molar-refractivity contribution in [2.45, 2.75) is 0 Å². The highest BCUT2D eigenvalue weighted by atomic mass is 35.5. The number of halogens is 1. The molecule has 0 aliphatic heterocycles. The van der Waals surface area contributed by atoms with Crippen LogP contribution in [0.3, 0.4) is 0 Å². The van der Waals surface area contributed by atoms with E-state index in [9.17, 15) is 14.9 Å². The number of pyridine rings is 1.